The Balaban J connectivity index is 2.91. The summed E-state index contributed by atoms with van der Waals surface area (Å²) >= 11 is 0. The van der Waals surface area contributed by atoms with E-state index in [9.17, 15) is 0 Å². The highest BCUT2D eigenvalue weighted by Gasteiger charge is 2.14. The van der Waals surface area contributed by atoms with Crippen molar-refractivity contribution < 1.29 is 14.2 Å². The van der Waals surface area contributed by atoms with E-state index in [1.165, 1.54) is 0 Å². The molecule has 0 saturated heterocycles. The molecule has 0 bridgehead atoms. The van der Waals surface area contributed by atoms with Crippen molar-refractivity contribution in [3.8, 4) is 6.01 Å². The smallest absolute Gasteiger partial charge is 0.323 e. The van der Waals surface area contributed by atoms with Crippen LogP contribution >= 0.6 is 0 Å². The molecule has 0 aromatic carbocycles. The molecule has 0 radical (unpaired) electrons. The fourth-order valence-corrected chi connectivity index (χ4v) is 1.52. The van der Waals surface area contributed by atoms with Crippen LogP contribution in [-0.4, -0.2) is 62.1 Å². The van der Waals surface area contributed by atoms with E-state index in [-0.39, 0.29) is 12.0 Å². The van der Waals surface area contributed by atoms with Crippen LogP contribution < -0.4 is 20.9 Å². The van der Waals surface area contributed by atoms with Crippen molar-refractivity contribution in [1.82, 2.24) is 15.0 Å². The molecule has 0 unspecified atom stereocenters. The predicted octanol–water partition coefficient (Wildman–Crippen LogP) is 0.0452. The van der Waals surface area contributed by atoms with Gasteiger partial charge in [-0.1, -0.05) is 6.92 Å². The monoisotopic (exact) mass is 300 g/mol. The summed E-state index contributed by atoms with van der Waals surface area (Å²) in [6.45, 7) is 4.89. The maximum absolute atomic E-state index is 5.45. The molecule has 0 amide bonds. The summed E-state index contributed by atoms with van der Waals surface area (Å²) in [6.07, 6.45) is 0.865. The van der Waals surface area contributed by atoms with E-state index >= 15 is 0 Å². The molecule has 9 nitrogen and oxygen atoms in total. The molecule has 1 aromatic heterocycles. The lowest BCUT2D eigenvalue weighted by atomic mass is 10.5. The van der Waals surface area contributed by atoms with Crippen LogP contribution in [0.15, 0.2) is 0 Å². The molecule has 9 heteroatoms. The van der Waals surface area contributed by atoms with E-state index in [1.54, 1.807) is 14.2 Å². The van der Waals surface area contributed by atoms with Gasteiger partial charge in [-0.3, -0.25) is 5.43 Å². The molecule has 1 heterocycles. The SMILES string of the molecule is CCCOc1nc(NN)nc(N(CCOC)CCOC)n1. The zero-order chi connectivity index (χ0) is 15.5. The topological polar surface area (TPSA) is 108 Å². The fraction of sp³-hybridized carbons (Fsp3) is 0.750. The second kappa shape index (κ2) is 10.1. The Morgan fingerprint density at radius 3 is 2.24 bits per heavy atom. The third kappa shape index (κ3) is 6.06. The molecule has 1 rings (SSSR count). The van der Waals surface area contributed by atoms with Gasteiger partial charge < -0.3 is 19.1 Å². The number of rotatable bonds is 11. The summed E-state index contributed by atoms with van der Waals surface area (Å²) in [5.41, 5.74) is 2.42. The second-order valence-corrected chi connectivity index (χ2v) is 4.21. The van der Waals surface area contributed by atoms with Gasteiger partial charge >= 0.3 is 6.01 Å². The number of nitrogens with two attached hydrogens (primary N) is 1. The molecular formula is C12H24N6O3. The fourth-order valence-electron chi connectivity index (χ4n) is 1.52. The molecule has 0 saturated carbocycles. The second-order valence-electron chi connectivity index (χ2n) is 4.21. The number of nitrogen functional groups attached to an aromatic ring is 1. The summed E-state index contributed by atoms with van der Waals surface area (Å²) < 4.78 is 15.7. The lowest BCUT2D eigenvalue weighted by Crippen LogP contribution is -2.32. The van der Waals surface area contributed by atoms with Crippen LogP contribution in [0, 0.1) is 0 Å². The first-order chi connectivity index (χ1) is 10.2. The summed E-state index contributed by atoms with van der Waals surface area (Å²) in [5, 5.41) is 0. The van der Waals surface area contributed by atoms with E-state index in [2.05, 4.69) is 20.4 Å². The van der Waals surface area contributed by atoms with Crippen LogP contribution in [0.25, 0.3) is 0 Å². The Morgan fingerprint density at radius 1 is 1.05 bits per heavy atom. The molecule has 0 atom stereocenters. The first kappa shape index (κ1) is 17.3. The van der Waals surface area contributed by atoms with E-state index in [4.69, 9.17) is 20.1 Å². The Bertz CT molecular complexity index is 399. The third-order valence-corrected chi connectivity index (χ3v) is 2.58. The average Bonchev–Trinajstić information content (AvgIpc) is 2.52. The molecule has 0 spiro atoms. The minimum absolute atomic E-state index is 0.245. The summed E-state index contributed by atoms with van der Waals surface area (Å²) in [6, 6.07) is 0.245. The Labute approximate surface area is 124 Å². The van der Waals surface area contributed by atoms with E-state index < -0.39 is 0 Å². The zero-order valence-corrected chi connectivity index (χ0v) is 12.8. The van der Waals surface area contributed by atoms with E-state index in [0.717, 1.165) is 6.42 Å². The van der Waals surface area contributed by atoms with Crippen molar-refractivity contribution in [3.63, 3.8) is 0 Å². The largest absolute Gasteiger partial charge is 0.463 e. The highest BCUT2D eigenvalue weighted by Crippen LogP contribution is 2.14. The molecule has 0 fully saturated rings. The molecule has 0 aliphatic heterocycles. The van der Waals surface area contributed by atoms with Gasteiger partial charge in [0.25, 0.3) is 0 Å². The molecule has 1 aromatic rings. The number of methoxy groups -OCH3 is 2. The highest BCUT2D eigenvalue weighted by atomic mass is 16.5. The molecule has 21 heavy (non-hydrogen) atoms. The first-order valence-corrected chi connectivity index (χ1v) is 6.83. The van der Waals surface area contributed by atoms with Crippen LogP contribution in [0.4, 0.5) is 11.9 Å². The zero-order valence-electron chi connectivity index (χ0n) is 12.8. The van der Waals surface area contributed by atoms with Gasteiger partial charge in [-0.05, 0) is 6.42 Å². The van der Waals surface area contributed by atoms with E-state index in [1.807, 2.05) is 11.8 Å². The quantitative estimate of drug-likeness (QED) is 0.432. The lowest BCUT2D eigenvalue weighted by Gasteiger charge is -2.22. The van der Waals surface area contributed by atoms with Gasteiger partial charge in [0.2, 0.25) is 11.9 Å². The minimum atomic E-state index is 0.245. The standard InChI is InChI=1S/C12H24N6O3/c1-4-7-21-12-15-10(17-13)14-11(16-12)18(5-8-19-2)6-9-20-3/h4-9,13H2,1-3H3,(H,14,15,16,17). The predicted molar refractivity (Wildman–Crippen MR) is 79.4 cm³/mol. The van der Waals surface area contributed by atoms with Crippen molar-refractivity contribution >= 4 is 11.9 Å². The van der Waals surface area contributed by atoms with Crippen LogP contribution in [-0.2, 0) is 9.47 Å². The van der Waals surface area contributed by atoms with Gasteiger partial charge in [0.05, 0.1) is 19.8 Å². The average molecular weight is 300 g/mol. The summed E-state index contributed by atoms with van der Waals surface area (Å²) in [5.74, 6) is 6.12. The maximum atomic E-state index is 5.45. The van der Waals surface area contributed by atoms with E-state index in [0.29, 0.717) is 38.9 Å². The molecule has 0 aliphatic rings. The van der Waals surface area contributed by atoms with Gasteiger partial charge in [0.1, 0.15) is 0 Å². The molecular weight excluding hydrogens is 276 g/mol. The van der Waals surface area contributed by atoms with Crippen molar-refractivity contribution in [1.29, 1.82) is 0 Å². The number of nitrogens with zero attached hydrogens (tertiary/aromatic N) is 4. The van der Waals surface area contributed by atoms with Gasteiger partial charge in [0, 0.05) is 27.3 Å². The lowest BCUT2D eigenvalue weighted by molar-refractivity contribution is 0.189. The third-order valence-electron chi connectivity index (χ3n) is 2.58. The van der Waals surface area contributed by atoms with Gasteiger partial charge in [-0.15, -0.1) is 0 Å². The minimum Gasteiger partial charge on any atom is -0.463 e. The van der Waals surface area contributed by atoms with Crippen LogP contribution in [0.3, 0.4) is 0 Å². The molecule has 120 valence electrons. The molecule has 3 N–H and O–H groups in total. The number of aromatic nitrogens is 3. The molecule has 0 aliphatic carbocycles. The Kier molecular flexibility index (Phi) is 8.32. The highest BCUT2D eigenvalue weighted by molar-refractivity contribution is 5.37. The van der Waals surface area contributed by atoms with Gasteiger partial charge in [0.15, 0.2) is 0 Å². The Hall–Kier alpha value is -1.71. The number of nitrogens with one attached hydrogen (secondary N) is 1. The summed E-state index contributed by atoms with van der Waals surface area (Å²) in [4.78, 5) is 14.5. The number of anilines is 2. The van der Waals surface area contributed by atoms with Gasteiger partial charge in [-0.2, -0.15) is 15.0 Å². The number of hydrogen-bond acceptors (Lipinski definition) is 9. The maximum Gasteiger partial charge on any atom is 0.323 e. The van der Waals surface area contributed by atoms with Gasteiger partial charge in [-0.25, -0.2) is 5.84 Å². The van der Waals surface area contributed by atoms with Crippen molar-refractivity contribution in [3.05, 3.63) is 0 Å². The summed E-state index contributed by atoms with van der Waals surface area (Å²) in [7, 11) is 3.29. The number of ether oxygens (including phenoxy) is 3. The van der Waals surface area contributed by atoms with Crippen LogP contribution in [0.5, 0.6) is 6.01 Å². The van der Waals surface area contributed by atoms with Crippen molar-refractivity contribution in [2.45, 2.75) is 13.3 Å². The van der Waals surface area contributed by atoms with Crippen LogP contribution in [0.2, 0.25) is 0 Å². The first-order valence-electron chi connectivity index (χ1n) is 6.83. The van der Waals surface area contributed by atoms with Crippen LogP contribution in [0.1, 0.15) is 13.3 Å². The van der Waals surface area contributed by atoms with Crippen molar-refractivity contribution in [2.75, 3.05) is 57.5 Å². The Morgan fingerprint density at radius 2 is 1.71 bits per heavy atom. The number of hydrazine groups is 1. The number of hydrogen-bond donors (Lipinski definition) is 2. The van der Waals surface area contributed by atoms with Crippen molar-refractivity contribution in [2.24, 2.45) is 5.84 Å². The normalized spacial score (nSPS) is 10.5.